The maximum absolute atomic E-state index is 13.8. The third-order valence-corrected chi connectivity index (χ3v) is 3.77. The zero-order chi connectivity index (χ0) is 14.0. The van der Waals surface area contributed by atoms with E-state index in [2.05, 4.69) is 0 Å². The van der Waals surface area contributed by atoms with Crippen molar-refractivity contribution in [2.75, 3.05) is 18.0 Å². The maximum atomic E-state index is 13.8. The molecular weight excluding hydrogens is 282 g/mol. The number of anilines is 1. The van der Waals surface area contributed by atoms with Gasteiger partial charge in [-0.05, 0) is 30.5 Å². The van der Waals surface area contributed by atoms with Gasteiger partial charge in [-0.25, -0.2) is 4.39 Å². The smallest absolute Gasteiger partial charge is 0.369 e. The number of benzene rings is 1. The van der Waals surface area contributed by atoms with Crippen LogP contribution in [-0.2, 0) is 5.88 Å². The summed E-state index contributed by atoms with van der Waals surface area (Å²) in [6, 6.07) is 4.61. The van der Waals surface area contributed by atoms with E-state index in [1.165, 1.54) is 6.07 Å². The largest absolute Gasteiger partial charge is 0.391 e. The lowest BCUT2D eigenvalue weighted by atomic mass is 9.96. The molecule has 106 valence electrons. The number of piperidine rings is 1. The summed E-state index contributed by atoms with van der Waals surface area (Å²) in [4.78, 5) is 1.66. The van der Waals surface area contributed by atoms with Gasteiger partial charge < -0.3 is 4.90 Å². The van der Waals surface area contributed by atoms with Crippen molar-refractivity contribution in [3.05, 3.63) is 29.6 Å². The van der Waals surface area contributed by atoms with E-state index >= 15 is 0 Å². The Labute approximate surface area is 114 Å². The predicted molar refractivity (Wildman–Crippen MR) is 66.9 cm³/mol. The van der Waals surface area contributed by atoms with E-state index in [1.807, 2.05) is 0 Å². The van der Waals surface area contributed by atoms with E-state index in [-0.39, 0.29) is 31.8 Å². The Morgan fingerprint density at radius 3 is 2.32 bits per heavy atom. The van der Waals surface area contributed by atoms with Gasteiger partial charge in [0.2, 0.25) is 0 Å². The van der Waals surface area contributed by atoms with Crippen LogP contribution in [0.5, 0.6) is 0 Å². The van der Waals surface area contributed by atoms with Gasteiger partial charge in [0.15, 0.2) is 0 Å². The Morgan fingerprint density at radius 1 is 1.21 bits per heavy atom. The second-order valence-electron chi connectivity index (χ2n) is 4.72. The Morgan fingerprint density at radius 2 is 1.84 bits per heavy atom. The van der Waals surface area contributed by atoms with Crippen molar-refractivity contribution in [2.24, 2.45) is 5.92 Å². The van der Waals surface area contributed by atoms with Crippen LogP contribution in [0.3, 0.4) is 0 Å². The van der Waals surface area contributed by atoms with E-state index < -0.39 is 17.9 Å². The van der Waals surface area contributed by atoms with E-state index in [0.29, 0.717) is 11.3 Å². The zero-order valence-corrected chi connectivity index (χ0v) is 10.9. The molecule has 0 bridgehead atoms. The highest BCUT2D eigenvalue weighted by Crippen LogP contribution is 2.35. The van der Waals surface area contributed by atoms with E-state index in [9.17, 15) is 17.6 Å². The zero-order valence-electron chi connectivity index (χ0n) is 10.2. The summed E-state index contributed by atoms with van der Waals surface area (Å²) < 4.78 is 51.5. The average molecular weight is 296 g/mol. The molecule has 19 heavy (non-hydrogen) atoms. The lowest BCUT2D eigenvalue weighted by molar-refractivity contribution is -0.179. The third-order valence-electron chi connectivity index (χ3n) is 3.46. The van der Waals surface area contributed by atoms with Gasteiger partial charge in [-0.15, -0.1) is 11.6 Å². The first-order valence-electron chi connectivity index (χ1n) is 6.08. The molecule has 0 N–H and O–H groups in total. The van der Waals surface area contributed by atoms with Gasteiger partial charge in [-0.1, -0.05) is 6.07 Å². The number of hydrogen-bond donors (Lipinski definition) is 0. The molecule has 0 radical (unpaired) electrons. The molecule has 1 heterocycles. The number of hydrogen-bond acceptors (Lipinski definition) is 1. The molecule has 2 rings (SSSR count). The van der Waals surface area contributed by atoms with Gasteiger partial charge in [-0.3, -0.25) is 0 Å². The quantitative estimate of drug-likeness (QED) is 0.579. The molecule has 0 saturated carbocycles. The number of halogens is 5. The lowest BCUT2D eigenvalue weighted by Crippen LogP contribution is -2.39. The summed E-state index contributed by atoms with van der Waals surface area (Å²) in [7, 11) is 0. The Kier molecular flexibility index (Phi) is 4.23. The first kappa shape index (κ1) is 14.4. The SMILES string of the molecule is Fc1cc(CCl)ccc1N1CCC(C(F)(F)F)CC1. The Bertz CT molecular complexity index is 439. The molecule has 1 aliphatic rings. The van der Waals surface area contributed by atoms with Gasteiger partial charge in [0.05, 0.1) is 11.6 Å². The summed E-state index contributed by atoms with van der Waals surface area (Å²) in [6.07, 6.45) is -4.12. The first-order chi connectivity index (χ1) is 8.91. The fourth-order valence-electron chi connectivity index (χ4n) is 2.34. The van der Waals surface area contributed by atoms with E-state index in [1.54, 1.807) is 17.0 Å². The maximum Gasteiger partial charge on any atom is 0.391 e. The third kappa shape index (κ3) is 3.32. The van der Waals surface area contributed by atoms with Gasteiger partial charge >= 0.3 is 6.18 Å². The average Bonchev–Trinajstić information content (AvgIpc) is 2.37. The molecule has 1 fully saturated rings. The minimum Gasteiger partial charge on any atom is -0.369 e. The van der Waals surface area contributed by atoms with Gasteiger partial charge in [0.25, 0.3) is 0 Å². The lowest BCUT2D eigenvalue weighted by Gasteiger charge is -2.34. The van der Waals surface area contributed by atoms with Crippen molar-refractivity contribution in [2.45, 2.75) is 24.9 Å². The predicted octanol–water partition coefficient (Wildman–Crippen LogP) is 4.34. The topological polar surface area (TPSA) is 3.24 Å². The van der Waals surface area contributed by atoms with Crippen molar-refractivity contribution >= 4 is 17.3 Å². The van der Waals surface area contributed by atoms with Crippen LogP contribution in [0.2, 0.25) is 0 Å². The molecule has 1 saturated heterocycles. The van der Waals surface area contributed by atoms with Crippen molar-refractivity contribution < 1.29 is 17.6 Å². The summed E-state index contributed by atoms with van der Waals surface area (Å²) in [5.41, 5.74) is 1.02. The Balaban J connectivity index is 2.06. The molecule has 1 aromatic rings. The standard InChI is InChI=1S/C13H14ClF4N/c14-8-9-1-2-12(11(15)7-9)19-5-3-10(4-6-19)13(16,17)18/h1-2,7,10H,3-6,8H2. The van der Waals surface area contributed by atoms with Crippen LogP contribution in [0.25, 0.3) is 0 Å². The molecule has 0 aliphatic carbocycles. The van der Waals surface area contributed by atoms with E-state index in [0.717, 1.165) is 0 Å². The highest BCUT2D eigenvalue weighted by atomic mass is 35.5. The molecule has 0 unspecified atom stereocenters. The van der Waals surface area contributed by atoms with Crippen molar-refractivity contribution in [3.8, 4) is 0 Å². The summed E-state index contributed by atoms with van der Waals surface area (Å²) in [5, 5.41) is 0. The monoisotopic (exact) mass is 295 g/mol. The second kappa shape index (κ2) is 5.57. The fraction of sp³-hybridized carbons (Fsp3) is 0.538. The van der Waals surface area contributed by atoms with Crippen LogP contribution in [0, 0.1) is 11.7 Å². The van der Waals surface area contributed by atoms with Crippen LogP contribution in [0.15, 0.2) is 18.2 Å². The number of alkyl halides is 4. The molecule has 0 aromatic heterocycles. The highest BCUT2D eigenvalue weighted by Gasteiger charge is 2.41. The summed E-state index contributed by atoms with van der Waals surface area (Å²) in [5.74, 6) is -1.48. The van der Waals surface area contributed by atoms with Gasteiger partial charge in [-0.2, -0.15) is 13.2 Å². The molecule has 1 aromatic carbocycles. The van der Waals surface area contributed by atoms with Crippen molar-refractivity contribution in [1.29, 1.82) is 0 Å². The number of nitrogens with zero attached hydrogens (tertiary/aromatic N) is 1. The van der Waals surface area contributed by atoms with Gasteiger partial charge in [0, 0.05) is 19.0 Å². The highest BCUT2D eigenvalue weighted by molar-refractivity contribution is 6.17. The minimum atomic E-state index is -4.15. The van der Waals surface area contributed by atoms with Crippen molar-refractivity contribution in [3.63, 3.8) is 0 Å². The van der Waals surface area contributed by atoms with Gasteiger partial charge in [0.1, 0.15) is 5.82 Å². The van der Waals surface area contributed by atoms with Crippen molar-refractivity contribution in [1.82, 2.24) is 0 Å². The first-order valence-corrected chi connectivity index (χ1v) is 6.61. The summed E-state index contributed by atoms with van der Waals surface area (Å²) in [6.45, 7) is 0.447. The molecule has 0 spiro atoms. The second-order valence-corrected chi connectivity index (χ2v) is 4.99. The normalized spacial score (nSPS) is 17.8. The van der Waals surface area contributed by atoms with Crippen LogP contribution >= 0.6 is 11.6 Å². The molecular formula is C13H14ClF4N. The molecule has 1 nitrogen and oxygen atoms in total. The number of rotatable bonds is 2. The molecule has 0 atom stereocenters. The summed E-state index contributed by atoms with van der Waals surface area (Å²) >= 11 is 5.60. The Hall–Kier alpha value is -0.970. The molecule has 6 heteroatoms. The molecule has 0 amide bonds. The minimum absolute atomic E-state index is 0.0141. The molecule has 1 aliphatic heterocycles. The van der Waals surface area contributed by atoms with Crippen LogP contribution in [0.1, 0.15) is 18.4 Å². The van der Waals surface area contributed by atoms with Crippen LogP contribution in [-0.4, -0.2) is 19.3 Å². The van der Waals surface area contributed by atoms with E-state index in [4.69, 9.17) is 11.6 Å². The van der Waals surface area contributed by atoms with Crippen LogP contribution < -0.4 is 4.90 Å². The van der Waals surface area contributed by atoms with Crippen LogP contribution in [0.4, 0.5) is 23.2 Å². The fourth-order valence-corrected chi connectivity index (χ4v) is 2.50.